The fourth-order valence-electron chi connectivity index (χ4n) is 2.72. The molecule has 0 saturated carbocycles. The van der Waals surface area contributed by atoms with Crippen molar-refractivity contribution in [1.29, 1.82) is 0 Å². The molecule has 0 spiro atoms. The molecule has 0 saturated heterocycles. The van der Waals surface area contributed by atoms with Gasteiger partial charge in [0, 0.05) is 13.1 Å². The highest BCUT2D eigenvalue weighted by Crippen LogP contribution is 2.18. The molecule has 2 aromatic carbocycles. The fourth-order valence-corrected chi connectivity index (χ4v) is 3.49. The van der Waals surface area contributed by atoms with E-state index in [0.717, 1.165) is 22.4 Å². The number of rotatable bonds is 9. The van der Waals surface area contributed by atoms with Crippen LogP contribution in [-0.4, -0.2) is 38.2 Å². The number of esters is 1. The molecular formula is C21H27NO5S. The van der Waals surface area contributed by atoms with E-state index in [2.05, 4.69) is 4.74 Å². The molecule has 0 radical (unpaired) electrons. The predicted molar refractivity (Wildman–Crippen MR) is 108 cm³/mol. The minimum absolute atomic E-state index is 0.0793. The van der Waals surface area contributed by atoms with Gasteiger partial charge in [-0.3, -0.25) is 4.79 Å². The second-order valence-corrected chi connectivity index (χ2v) is 8.90. The van der Waals surface area contributed by atoms with Gasteiger partial charge in [-0.05, 0) is 42.7 Å². The maximum Gasteiger partial charge on any atom is 0.309 e. The zero-order valence-corrected chi connectivity index (χ0v) is 17.5. The molecule has 0 N–H and O–H groups in total. The van der Waals surface area contributed by atoms with Crippen LogP contribution in [0.5, 0.6) is 5.75 Å². The second-order valence-electron chi connectivity index (χ2n) is 6.91. The summed E-state index contributed by atoms with van der Waals surface area (Å²) in [5.74, 6) is 0.418. The lowest BCUT2D eigenvalue weighted by Crippen LogP contribution is -2.29. The second kappa shape index (κ2) is 9.71. The van der Waals surface area contributed by atoms with Crippen LogP contribution in [0.1, 0.15) is 30.5 Å². The number of nitrogens with zero attached hydrogens (tertiary/aromatic N) is 1. The van der Waals surface area contributed by atoms with Crippen LogP contribution >= 0.6 is 0 Å². The molecular weight excluding hydrogens is 378 g/mol. The average Bonchev–Trinajstić information content (AvgIpc) is 2.61. The SMILES string of the molecule is COC(=O)Cc1cccc(CN(Cc2ccc(OC(C)C)cc2)S(C)(=O)=O)c1. The molecule has 7 heteroatoms. The Balaban J connectivity index is 2.14. The third-order valence-electron chi connectivity index (χ3n) is 4.05. The molecule has 2 aromatic rings. The molecule has 0 aliphatic heterocycles. The van der Waals surface area contributed by atoms with Crippen molar-refractivity contribution in [2.45, 2.75) is 39.5 Å². The molecule has 0 atom stereocenters. The van der Waals surface area contributed by atoms with Crippen LogP contribution in [0.4, 0.5) is 0 Å². The van der Waals surface area contributed by atoms with E-state index in [9.17, 15) is 13.2 Å². The maximum absolute atomic E-state index is 12.3. The van der Waals surface area contributed by atoms with E-state index < -0.39 is 10.0 Å². The Labute approximate surface area is 167 Å². The molecule has 0 aromatic heterocycles. The van der Waals surface area contributed by atoms with Crippen LogP contribution in [0, 0.1) is 0 Å². The normalized spacial score (nSPS) is 11.6. The molecule has 0 heterocycles. The maximum atomic E-state index is 12.3. The van der Waals surface area contributed by atoms with Gasteiger partial charge in [0.1, 0.15) is 5.75 Å². The van der Waals surface area contributed by atoms with E-state index in [1.807, 2.05) is 62.4 Å². The fraction of sp³-hybridized carbons (Fsp3) is 0.381. The van der Waals surface area contributed by atoms with Gasteiger partial charge in [-0.25, -0.2) is 8.42 Å². The molecule has 2 rings (SSSR count). The summed E-state index contributed by atoms with van der Waals surface area (Å²) in [5, 5.41) is 0. The van der Waals surface area contributed by atoms with Crippen LogP contribution < -0.4 is 4.74 Å². The summed E-state index contributed by atoms with van der Waals surface area (Å²) in [7, 11) is -2.08. The largest absolute Gasteiger partial charge is 0.491 e. The first-order chi connectivity index (χ1) is 13.2. The highest BCUT2D eigenvalue weighted by Gasteiger charge is 2.18. The number of ether oxygens (including phenoxy) is 2. The van der Waals surface area contributed by atoms with Crippen molar-refractivity contribution < 1.29 is 22.7 Å². The topological polar surface area (TPSA) is 72.9 Å². The van der Waals surface area contributed by atoms with Crippen molar-refractivity contribution in [3.63, 3.8) is 0 Å². The van der Waals surface area contributed by atoms with Crippen molar-refractivity contribution in [2.24, 2.45) is 0 Å². The van der Waals surface area contributed by atoms with Gasteiger partial charge in [0.25, 0.3) is 0 Å². The lowest BCUT2D eigenvalue weighted by Gasteiger charge is -2.21. The molecule has 152 valence electrons. The molecule has 0 fully saturated rings. The summed E-state index contributed by atoms with van der Waals surface area (Å²) >= 11 is 0. The van der Waals surface area contributed by atoms with Crippen molar-refractivity contribution in [3.05, 3.63) is 65.2 Å². The lowest BCUT2D eigenvalue weighted by molar-refractivity contribution is -0.139. The van der Waals surface area contributed by atoms with Crippen LogP contribution in [0.25, 0.3) is 0 Å². The van der Waals surface area contributed by atoms with Crippen LogP contribution in [0.2, 0.25) is 0 Å². The summed E-state index contributed by atoms with van der Waals surface area (Å²) in [4.78, 5) is 11.5. The quantitative estimate of drug-likeness (QED) is 0.599. The highest BCUT2D eigenvalue weighted by atomic mass is 32.2. The number of methoxy groups -OCH3 is 1. The van der Waals surface area contributed by atoms with Gasteiger partial charge < -0.3 is 9.47 Å². The van der Waals surface area contributed by atoms with Gasteiger partial charge in [-0.1, -0.05) is 36.4 Å². The third-order valence-corrected chi connectivity index (χ3v) is 5.25. The van der Waals surface area contributed by atoms with E-state index in [1.54, 1.807) is 0 Å². The van der Waals surface area contributed by atoms with Crippen LogP contribution in [-0.2, 0) is 39.1 Å². The molecule has 0 bridgehead atoms. The summed E-state index contributed by atoms with van der Waals surface area (Å²) in [5.41, 5.74) is 2.46. The summed E-state index contributed by atoms with van der Waals surface area (Å²) in [6, 6.07) is 14.7. The summed E-state index contributed by atoms with van der Waals surface area (Å²) in [6.07, 6.45) is 1.43. The van der Waals surface area contributed by atoms with Crippen molar-refractivity contribution >= 4 is 16.0 Å². The molecule has 0 aliphatic rings. The molecule has 0 unspecified atom stereocenters. The van der Waals surface area contributed by atoms with E-state index >= 15 is 0 Å². The van der Waals surface area contributed by atoms with Gasteiger partial charge >= 0.3 is 5.97 Å². The third kappa shape index (κ3) is 6.98. The number of hydrogen-bond acceptors (Lipinski definition) is 5. The Bertz CT molecular complexity index is 891. The van der Waals surface area contributed by atoms with Crippen molar-refractivity contribution in [1.82, 2.24) is 4.31 Å². The van der Waals surface area contributed by atoms with E-state index in [1.165, 1.54) is 17.7 Å². The molecule has 0 aliphatic carbocycles. The van der Waals surface area contributed by atoms with Crippen molar-refractivity contribution in [2.75, 3.05) is 13.4 Å². The van der Waals surface area contributed by atoms with E-state index in [0.29, 0.717) is 0 Å². The molecule has 6 nitrogen and oxygen atoms in total. The zero-order chi connectivity index (χ0) is 20.7. The Morgan fingerprint density at radius 2 is 1.61 bits per heavy atom. The molecule has 28 heavy (non-hydrogen) atoms. The minimum atomic E-state index is -3.42. The van der Waals surface area contributed by atoms with Gasteiger partial charge in [-0.15, -0.1) is 0 Å². The van der Waals surface area contributed by atoms with Gasteiger partial charge in [-0.2, -0.15) is 4.31 Å². The van der Waals surface area contributed by atoms with Gasteiger partial charge in [0.05, 0.1) is 25.9 Å². The smallest absolute Gasteiger partial charge is 0.309 e. The summed E-state index contributed by atoms with van der Waals surface area (Å²) < 4.78 is 36.3. The Morgan fingerprint density at radius 1 is 1.00 bits per heavy atom. The summed E-state index contributed by atoms with van der Waals surface area (Å²) in [6.45, 7) is 4.38. The zero-order valence-electron chi connectivity index (χ0n) is 16.7. The van der Waals surface area contributed by atoms with Crippen LogP contribution in [0.3, 0.4) is 0 Å². The Morgan fingerprint density at radius 3 is 2.18 bits per heavy atom. The van der Waals surface area contributed by atoms with E-state index in [-0.39, 0.29) is 31.6 Å². The molecule has 0 amide bonds. The first-order valence-electron chi connectivity index (χ1n) is 9.02. The van der Waals surface area contributed by atoms with Crippen LogP contribution in [0.15, 0.2) is 48.5 Å². The first kappa shape index (κ1) is 21.9. The minimum Gasteiger partial charge on any atom is -0.491 e. The monoisotopic (exact) mass is 405 g/mol. The van der Waals surface area contributed by atoms with Gasteiger partial charge in [0.2, 0.25) is 10.0 Å². The predicted octanol–water partition coefficient (Wildman–Crippen LogP) is 3.15. The number of hydrogen-bond donors (Lipinski definition) is 0. The number of sulfonamides is 1. The number of carbonyl (C=O) groups is 1. The Hall–Kier alpha value is -2.38. The number of carbonyl (C=O) groups excluding carboxylic acids is 1. The first-order valence-corrected chi connectivity index (χ1v) is 10.9. The Kier molecular flexibility index (Phi) is 7.60. The van der Waals surface area contributed by atoms with Gasteiger partial charge in [0.15, 0.2) is 0 Å². The van der Waals surface area contributed by atoms with Crippen molar-refractivity contribution in [3.8, 4) is 5.75 Å². The average molecular weight is 406 g/mol. The lowest BCUT2D eigenvalue weighted by atomic mass is 10.1. The highest BCUT2D eigenvalue weighted by molar-refractivity contribution is 7.88. The standard InChI is InChI=1S/C21H27NO5S/c1-16(2)27-20-10-8-17(9-11-20)14-22(28(4,24)25)15-19-7-5-6-18(12-19)13-21(23)26-3/h5-12,16H,13-15H2,1-4H3. The number of benzene rings is 2. The van der Waals surface area contributed by atoms with E-state index in [4.69, 9.17) is 4.74 Å².